The molecule has 8 heteroatoms. The molecule has 2 fully saturated rings. The van der Waals surface area contributed by atoms with E-state index in [0.29, 0.717) is 0 Å². The molecule has 0 atom stereocenters. The highest BCUT2D eigenvalue weighted by Gasteiger charge is 2.23. The second kappa shape index (κ2) is 11.7. The number of likely N-dealkylation sites (tertiary alicyclic amines) is 1. The molecule has 2 heterocycles. The fourth-order valence-electron chi connectivity index (χ4n) is 2.92. The van der Waals surface area contributed by atoms with Crippen LogP contribution in [0.15, 0.2) is 0 Å². The van der Waals surface area contributed by atoms with Crippen LogP contribution in [0.1, 0.15) is 12.8 Å². The largest absolute Gasteiger partial charge is 0.339 e. The third kappa shape index (κ3) is 7.35. The fraction of sp³-hybridized carbons (Fsp3) is 0.923. The zero-order valence-electron chi connectivity index (χ0n) is 12.7. The van der Waals surface area contributed by atoms with Crippen LogP contribution >= 0.6 is 37.2 Å². The second-order valence-electron chi connectivity index (χ2n) is 5.63. The van der Waals surface area contributed by atoms with Crippen LogP contribution in [0.5, 0.6) is 0 Å². The summed E-state index contributed by atoms with van der Waals surface area (Å²) >= 11 is 0. The molecule has 1 amide bonds. The van der Waals surface area contributed by atoms with Gasteiger partial charge in [-0.1, -0.05) is 0 Å². The Morgan fingerprint density at radius 1 is 1.00 bits per heavy atom. The van der Waals surface area contributed by atoms with E-state index >= 15 is 0 Å². The maximum atomic E-state index is 11.5. The summed E-state index contributed by atoms with van der Waals surface area (Å²) in [5.41, 5.74) is 5.39. The van der Waals surface area contributed by atoms with Crippen molar-refractivity contribution in [3.63, 3.8) is 0 Å². The zero-order chi connectivity index (χ0) is 13.0. The molecule has 5 nitrogen and oxygen atoms in total. The molecular weight excluding hydrogens is 335 g/mol. The van der Waals surface area contributed by atoms with E-state index in [1.54, 1.807) is 0 Å². The van der Waals surface area contributed by atoms with Gasteiger partial charge in [0.05, 0.1) is 6.54 Å². The van der Waals surface area contributed by atoms with E-state index in [-0.39, 0.29) is 49.7 Å². The minimum Gasteiger partial charge on any atom is -0.339 e. The Hall–Kier alpha value is 0.220. The summed E-state index contributed by atoms with van der Waals surface area (Å²) in [6.45, 7) is 7.54. The molecular formula is C13H29Cl3N4O. The summed E-state index contributed by atoms with van der Waals surface area (Å²) in [7, 11) is 2.20. The third-order valence-corrected chi connectivity index (χ3v) is 4.25. The van der Waals surface area contributed by atoms with E-state index in [1.165, 1.54) is 32.5 Å². The van der Waals surface area contributed by atoms with Crippen LogP contribution in [0.3, 0.4) is 0 Å². The zero-order valence-corrected chi connectivity index (χ0v) is 15.1. The van der Waals surface area contributed by atoms with Gasteiger partial charge in [0.25, 0.3) is 0 Å². The molecule has 21 heavy (non-hydrogen) atoms. The van der Waals surface area contributed by atoms with Crippen molar-refractivity contribution in [2.45, 2.75) is 12.8 Å². The van der Waals surface area contributed by atoms with E-state index in [9.17, 15) is 4.79 Å². The van der Waals surface area contributed by atoms with E-state index in [1.807, 2.05) is 4.90 Å². The Kier molecular flexibility index (Phi) is 13.1. The highest BCUT2D eigenvalue weighted by Crippen LogP contribution is 2.18. The predicted octanol–water partition coefficient (Wildman–Crippen LogP) is 0.696. The van der Waals surface area contributed by atoms with Gasteiger partial charge < -0.3 is 15.5 Å². The van der Waals surface area contributed by atoms with E-state index in [4.69, 9.17) is 5.73 Å². The van der Waals surface area contributed by atoms with Gasteiger partial charge in [0.2, 0.25) is 5.91 Å². The van der Waals surface area contributed by atoms with E-state index in [0.717, 1.165) is 32.1 Å². The molecule has 0 saturated carbocycles. The van der Waals surface area contributed by atoms with Gasteiger partial charge in [-0.15, -0.1) is 37.2 Å². The molecule has 0 spiro atoms. The SMILES string of the molecule is CN1CCC(CN2CCN(C(=O)CN)CC2)CC1.Cl.Cl.Cl. The van der Waals surface area contributed by atoms with Crippen LogP contribution in [-0.2, 0) is 4.79 Å². The molecule has 0 bridgehead atoms. The first-order chi connectivity index (χ1) is 8.69. The summed E-state index contributed by atoms with van der Waals surface area (Å²) in [5.74, 6) is 0.937. The Labute approximate surface area is 146 Å². The fourth-order valence-corrected chi connectivity index (χ4v) is 2.92. The topological polar surface area (TPSA) is 52.8 Å². The number of carbonyl (C=O) groups is 1. The lowest BCUT2D eigenvalue weighted by atomic mass is 9.96. The lowest BCUT2D eigenvalue weighted by molar-refractivity contribution is -0.131. The summed E-state index contributed by atoms with van der Waals surface area (Å²) in [5, 5.41) is 0. The van der Waals surface area contributed by atoms with Crippen molar-refractivity contribution < 1.29 is 4.79 Å². The highest BCUT2D eigenvalue weighted by atomic mass is 35.5. The first kappa shape index (κ1) is 23.5. The molecule has 2 N–H and O–H groups in total. The lowest BCUT2D eigenvalue weighted by Gasteiger charge is -2.38. The number of nitrogens with two attached hydrogens (primary N) is 1. The second-order valence-corrected chi connectivity index (χ2v) is 5.63. The first-order valence-corrected chi connectivity index (χ1v) is 7.08. The van der Waals surface area contributed by atoms with Gasteiger partial charge >= 0.3 is 0 Å². The van der Waals surface area contributed by atoms with Crippen LogP contribution < -0.4 is 5.73 Å². The number of halogens is 3. The van der Waals surface area contributed by atoms with Gasteiger partial charge in [-0.3, -0.25) is 9.69 Å². The number of hydrogen-bond donors (Lipinski definition) is 1. The van der Waals surface area contributed by atoms with Crippen LogP contribution in [0.25, 0.3) is 0 Å². The lowest BCUT2D eigenvalue weighted by Crippen LogP contribution is -2.51. The average molecular weight is 364 g/mol. The van der Waals surface area contributed by atoms with Gasteiger partial charge in [-0.05, 0) is 38.9 Å². The Balaban J connectivity index is 0. The van der Waals surface area contributed by atoms with Gasteiger partial charge in [0.1, 0.15) is 0 Å². The predicted molar refractivity (Wildman–Crippen MR) is 94.0 cm³/mol. The molecule has 0 aliphatic carbocycles. The Morgan fingerprint density at radius 3 is 2.00 bits per heavy atom. The van der Waals surface area contributed by atoms with Crippen LogP contribution in [0, 0.1) is 5.92 Å². The highest BCUT2D eigenvalue weighted by molar-refractivity contribution is 5.86. The minimum absolute atomic E-state index is 0. The molecule has 128 valence electrons. The van der Waals surface area contributed by atoms with Crippen molar-refractivity contribution in [1.82, 2.24) is 14.7 Å². The summed E-state index contributed by atoms with van der Waals surface area (Å²) in [4.78, 5) is 18.3. The number of amides is 1. The number of carbonyl (C=O) groups excluding carboxylic acids is 1. The maximum absolute atomic E-state index is 11.5. The number of rotatable bonds is 3. The monoisotopic (exact) mass is 362 g/mol. The van der Waals surface area contributed by atoms with Gasteiger partial charge in [-0.2, -0.15) is 0 Å². The molecule has 0 unspecified atom stereocenters. The maximum Gasteiger partial charge on any atom is 0.236 e. The quantitative estimate of drug-likeness (QED) is 0.802. The Bertz CT molecular complexity index is 281. The molecule has 0 aromatic carbocycles. The summed E-state index contributed by atoms with van der Waals surface area (Å²) in [6, 6.07) is 0. The molecule has 0 aromatic heterocycles. The van der Waals surface area contributed by atoms with Gasteiger partial charge in [0.15, 0.2) is 0 Å². The van der Waals surface area contributed by atoms with Crippen molar-refractivity contribution in [2.75, 3.05) is 59.4 Å². The number of nitrogens with zero attached hydrogens (tertiary/aromatic N) is 3. The summed E-state index contributed by atoms with van der Waals surface area (Å²) < 4.78 is 0. The van der Waals surface area contributed by atoms with Crippen molar-refractivity contribution in [2.24, 2.45) is 11.7 Å². The molecule has 2 aliphatic heterocycles. The third-order valence-electron chi connectivity index (χ3n) is 4.25. The van der Waals surface area contributed by atoms with Gasteiger partial charge in [0, 0.05) is 32.7 Å². The van der Waals surface area contributed by atoms with E-state index in [2.05, 4.69) is 16.8 Å². The van der Waals surface area contributed by atoms with Crippen molar-refractivity contribution in [3.05, 3.63) is 0 Å². The van der Waals surface area contributed by atoms with Crippen molar-refractivity contribution >= 4 is 43.1 Å². The molecule has 2 aliphatic rings. The molecule has 0 radical (unpaired) electrons. The summed E-state index contributed by atoms with van der Waals surface area (Å²) in [6.07, 6.45) is 2.64. The minimum atomic E-state index is 0. The standard InChI is InChI=1S/C13H26N4O.3ClH/c1-15-4-2-12(3-5-15)11-16-6-8-17(9-7-16)13(18)10-14;;;/h12H,2-11,14H2,1H3;3*1H. The molecule has 2 rings (SSSR count). The normalized spacial score (nSPS) is 21.0. The van der Waals surface area contributed by atoms with Crippen molar-refractivity contribution in [1.29, 1.82) is 0 Å². The number of piperidine rings is 1. The Morgan fingerprint density at radius 2 is 1.52 bits per heavy atom. The molecule has 2 saturated heterocycles. The van der Waals surface area contributed by atoms with Crippen molar-refractivity contribution in [3.8, 4) is 0 Å². The van der Waals surface area contributed by atoms with Crippen LogP contribution in [0.2, 0.25) is 0 Å². The molecule has 0 aromatic rings. The average Bonchev–Trinajstić information content (AvgIpc) is 2.41. The van der Waals surface area contributed by atoms with Crippen LogP contribution in [0.4, 0.5) is 0 Å². The first-order valence-electron chi connectivity index (χ1n) is 7.08. The van der Waals surface area contributed by atoms with Crippen LogP contribution in [-0.4, -0.2) is 80.0 Å². The smallest absolute Gasteiger partial charge is 0.236 e. The number of hydrogen-bond acceptors (Lipinski definition) is 4. The van der Waals surface area contributed by atoms with Gasteiger partial charge in [-0.25, -0.2) is 0 Å². The van der Waals surface area contributed by atoms with E-state index < -0.39 is 0 Å². The number of piperazine rings is 1.